The molecule has 0 radical (unpaired) electrons. The Labute approximate surface area is 138 Å². The van der Waals surface area contributed by atoms with Crippen LogP contribution in [-0.4, -0.2) is 28.6 Å². The van der Waals surface area contributed by atoms with Crippen molar-refractivity contribution in [1.82, 2.24) is 5.32 Å². The Balaban J connectivity index is 2.88. The Hall–Kier alpha value is -0.580. The van der Waals surface area contributed by atoms with Crippen LogP contribution in [0.5, 0.6) is 5.75 Å². The summed E-state index contributed by atoms with van der Waals surface area (Å²) in [6.45, 7) is 3.03. The van der Waals surface area contributed by atoms with Crippen molar-refractivity contribution in [2.45, 2.75) is 13.8 Å². The summed E-state index contributed by atoms with van der Waals surface area (Å²) in [6, 6.07) is 3.30. The number of hydrogen-bond acceptors (Lipinski definition) is 3. The number of phenols is 1. The number of carboxylic acid groups (broad SMARTS) is 1. The maximum atomic E-state index is 12.0. The number of benzene rings is 1. The average molecular weight is 489 g/mol. The van der Waals surface area contributed by atoms with Crippen LogP contribution >= 0.6 is 45.2 Å². The first kappa shape index (κ1) is 16.5. The first-order valence-electron chi connectivity index (χ1n) is 5.35. The molecule has 0 aliphatic rings. The number of halogens is 2. The quantitative estimate of drug-likeness (QED) is 0.568. The lowest BCUT2D eigenvalue weighted by molar-refractivity contribution is -0.146. The molecule has 0 aliphatic heterocycles. The second-order valence-corrected chi connectivity index (χ2v) is 7.06. The summed E-state index contributed by atoms with van der Waals surface area (Å²) in [5.41, 5.74) is -0.905. The van der Waals surface area contributed by atoms with Gasteiger partial charge in [0.15, 0.2) is 0 Å². The van der Waals surface area contributed by atoms with Crippen LogP contribution in [0.3, 0.4) is 0 Å². The number of amides is 1. The molecule has 7 heteroatoms. The molecular formula is C12H13I2NO4. The van der Waals surface area contributed by atoms with Gasteiger partial charge in [-0.15, -0.1) is 0 Å². The van der Waals surface area contributed by atoms with Gasteiger partial charge in [0.25, 0.3) is 5.91 Å². The van der Waals surface area contributed by atoms with Crippen LogP contribution in [0.1, 0.15) is 24.2 Å². The molecule has 19 heavy (non-hydrogen) atoms. The van der Waals surface area contributed by atoms with E-state index in [1.54, 1.807) is 12.1 Å². The molecule has 0 saturated carbocycles. The Morgan fingerprint density at radius 1 is 1.32 bits per heavy atom. The van der Waals surface area contributed by atoms with Crippen molar-refractivity contribution in [2.24, 2.45) is 5.41 Å². The molecule has 0 atom stereocenters. The number of aromatic hydroxyl groups is 1. The van der Waals surface area contributed by atoms with Crippen LogP contribution in [0.4, 0.5) is 0 Å². The SMILES string of the molecule is CC(C)(CNC(=O)c1cc(I)cc(I)c1O)C(=O)O. The second-order valence-electron chi connectivity index (χ2n) is 4.66. The van der Waals surface area contributed by atoms with Crippen molar-refractivity contribution in [3.63, 3.8) is 0 Å². The normalized spacial score (nSPS) is 11.2. The number of carbonyl (C=O) groups excluding carboxylic acids is 1. The highest BCUT2D eigenvalue weighted by Crippen LogP contribution is 2.27. The van der Waals surface area contributed by atoms with E-state index in [0.717, 1.165) is 3.57 Å². The number of aliphatic carboxylic acids is 1. The number of rotatable bonds is 4. The second kappa shape index (κ2) is 6.25. The molecule has 0 saturated heterocycles. The van der Waals surface area contributed by atoms with Crippen LogP contribution < -0.4 is 5.32 Å². The maximum absolute atomic E-state index is 12.0. The average Bonchev–Trinajstić information content (AvgIpc) is 2.30. The topological polar surface area (TPSA) is 86.6 Å². The molecule has 0 aromatic heterocycles. The first-order chi connectivity index (χ1) is 8.65. The van der Waals surface area contributed by atoms with E-state index in [-0.39, 0.29) is 17.9 Å². The Morgan fingerprint density at radius 2 is 1.89 bits per heavy atom. The molecule has 0 aliphatic carbocycles. The molecule has 1 rings (SSSR count). The molecule has 0 fully saturated rings. The minimum Gasteiger partial charge on any atom is -0.506 e. The number of carboxylic acids is 1. The predicted molar refractivity (Wildman–Crippen MR) is 87.3 cm³/mol. The van der Waals surface area contributed by atoms with Crippen LogP contribution in [0.2, 0.25) is 0 Å². The van der Waals surface area contributed by atoms with Gasteiger partial charge in [0.1, 0.15) is 5.75 Å². The standard InChI is InChI=1S/C12H13I2NO4/c1-12(2,11(18)19)5-15-10(17)7-3-6(13)4-8(14)9(7)16/h3-4,16H,5H2,1-2H3,(H,15,17)(H,18,19). The summed E-state index contributed by atoms with van der Waals surface area (Å²) in [5.74, 6) is -1.57. The van der Waals surface area contributed by atoms with Crippen molar-refractivity contribution >= 4 is 57.1 Å². The maximum Gasteiger partial charge on any atom is 0.310 e. The smallest absolute Gasteiger partial charge is 0.310 e. The molecular weight excluding hydrogens is 476 g/mol. The summed E-state index contributed by atoms with van der Waals surface area (Å²) < 4.78 is 1.40. The zero-order valence-electron chi connectivity index (χ0n) is 10.3. The molecule has 0 heterocycles. The van der Waals surface area contributed by atoms with Gasteiger partial charge in [-0.3, -0.25) is 9.59 Å². The predicted octanol–water partition coefficient (Wildman–Crippen LogP) is 2.44. The van der Waals surface area contributed by atoms with Crippen LogP contribution in [-0.2, 0) is 4.79 Å². The lowest BCUT2D eigenvalue weighted by Gasteiger charge is -2.19. The molecule has 1 amide bonds. The number of phenolic OH excluding ortho intramolecular Hbond substituents is 1. The molecule has 1 aromatic rings. The minimum atomic E-state index is -1.06. The molecule has 0 unspecified atom stereocenters. The van der Waals surface area contributed by atoms with Crippen molar-refractivity contribution in [3.05, 3.63) is 24.8 Å². The summed E-state index contributed by atoms with van der Waals surface area (Å²) in [6.07, 6.45) is 0. The third-order valence-electron chi connectivity index (χ3n) is 2.54. The van der Waals surface area contributed by atoms with Crippen LogP contribution in [0.25, 0.3) is 0 Å². The van der Waals surface area contributed by atoms with Gasteiger partial charge in [-0.2, -0.15) is 0 Å². The van der Waals surface area contributed by atoms with Crippen LogP contribution in [0, 0.1) is 12.6 Å². The van der Waals surface area contributed by atoms with Gasteiger partial charge in [-0.1, -0.05) is 0 Å². The van der Waals surface area contributed by atoms with Gasteiger partial charge >= 0.3 is 5.97 Å². The monoisotopic (exact) mass is 489 g/mol. The van der Waals surface area contributed by atoms with E-state index in [0.29, 0.717) is 3.57 Å². The van der Waals surface area contributed by atoms with E-state index in [4.69, 9.17) is 5.11 Å². The Bertz CT molecular complexity index is 529. The third kappa shape index (κ3) is 4.20. The third-order valence-corrected chi connectivity index (χ3v) is 3.99. The molecule has 3 N–H and O–H groups in total. The first-order valence-corrected chi connectivity index (χ1v) is 7.50. The highest BCUT2D eigenvalue weighted by Gasteiger charge is 2.28. The lowest BCUT2D eigenvalue weighted by Crippen LogP contribution is -2.39. The molecule has 1 aromatic carbocycles. The van der Waals surface area contributed by atoms with Crippen LogP contribution in [0.15, 0.2) is 12.1 Å². The van der Waals surface area contributed by atoms with E-state index >= 15 is 0 Å². The molecule has 104 valence electrons. The highest BCUT2D eigenvalue weighted by atomic mass is 127. The van der Waals surface area contributed by atoms with Gasteiger partial charge < -0.3 is 15.5 Å². The summed E-state index contributed by atoms with van der Waals surface area (Å²) in [4.78, 5) is 22.9. The number of hydrogen-bond donors (Lipinski definition) is 3. The van der Waals surface area contributed by atoms with E-state index in [9.17, 15) is 14.7 Å². The summed E-state index contributed by atoms with van der Waals surface area (Å²) in [7, 11) is 0. The fourth-order valence-corrected chi connectivity index (χ4v) is 3.06. The van der Waals surface area contributed by atoms with Gasteiger partial charge in [-0.05, 0) is 71.2 Å². The van der Waals surface area contributed by atoms with E-state index in [1.807, 2.05) is 45.2 Å². The van der Waals surface area contributed by atoms with E-state index < -0.39 is 17.3 Å². The number of carbonyl (C=O) groups is 2. The van der Waals surface area contributed by atoms with Gasteiger partial charge in [0.2, 0.25) is 0 Å². The zero-order valence-corrected chi connectivity index (χ0v) is 14.6. The molecule has 0 spiro atoms. The van der Waals surface area contributed by atoms with Gasteiger partial charge in [0.05, 0.1) is 14.5 Å². The largest absolute Gasteiger partial charge is 0.506 e. The van der Waals surface area contributed by atoms with Crippen molar-refractivity contribution < 1.29 is 19.8 Å². The van der Waals surface area contributed by atoms with E-state index in [2.05, 4.69) is 5.32 Å². The minimum absolute atomic E-state index is 0.0113. The zero-order chi connectivity index (χ0) is 14.8. The van der Waals surface area contributed by atoms with Crippen molar-refractivity contribution in [1.29, 1.82) is 0 Å². The Kier molecular flexibility index (Phi) is 5.42. The van der Waals surface area contributed by atoms with E-state index in [1.165, 1.54) is 13.8 Å². The fourth-order valence-electron chi connectivity index (χ4n) is 1.21. The molecule has 5 nitrogen and oxygen atoms in total. The summed E-state index contributed by atoms with van der Waals surface area (Å²) in [5, 5.41) is 21.3. The van der Waals surface area contributed by atoms with Crippen molar-refractivity contribution in [3.8, 4) is 5.75 Å². The molecule has 0 bridgehead atoms. The summed E-state index contributed by atoms with van der Waals surface area (Å²) >= 11 is 3.98. The number of nitrogens with one attached hydrogen (secondary N) is 1. The lowest BCUT2D eigenvalue weighted by atomic mass is 9.94. The van der Waals surface area contributed by atoms with Gasteiger partial charge in [-0.25, -0.2) is 0 Å². The van der Waals surface area contributed by atoms with Crippen molar-refractivity contribution in [2.75, 3.05) is 6.54 Å². The van der Waals surface area contributed by atoms with Gasteiger partial charge in [0, 0.05) is 10.1 Å². The highest BCUT2D eigenvalue weighted by molar-refractivity contribution is 14.1. The Morgan fingerprint density at radius 3 is 2.42 bits per heavy atom. The fraction of sp³-hybridized carbons (Fsp3) is 0.333.